The lowest BCUT2D eigenvalue weighted by molar-refractivity contribution is -0.158. The number of tetrazole rings is 1. The first-order valence-electron chi connectivity index (χ1n) is 9.11. The maximum Gasteiger partial charge on any atom is 0.422 e. The van der Waals surface area contributed by atoms with Crippen LogP contribution in [0.1, 0.15) is 11.1 Å². The number of rotatable bonds is 6. The molecule has 0 saturated heterocycles. The zero-order valence-electron chi connectivity index (χ0n) is 16.2. The van der Waals surface area contributed by atoms with Gasteiger partial charge in [-0.3, -0.25) is 0 Å². The summed E-state index contributed by atoms with van der Waals surface area (Å²) in [6, 6.07) is 6.67. The van der Waals surface area contributed by atoms with Crippen molar-refractivity contribution in [1.82, 2.24) is 20.6 Å². The highest BCUT2D eigenvalue weighted by atomic mass is 19.4. The summed E-state index contributed by atoms with van der Waals surface area (Å²) in [6.45, 7) is -2.09. The van der Waals surface area contributed by atoms with E-state index in [1.807, 2.05) is 0 Å². The van der Waals surface area contributed by atoms with Gasteiger partial charge in [-0.25, -0.2) is 9.49 Å². The molecule has 174 valence electrons. The van der Waals surface area contributed by atoms with Gasteiger partial charge in [0.05, 0.1) is 10.9 Å². The molecule has 0 unspecified atom stereocenters. The Hall–Kier alpha value is -3.84. The van der Waals surface area contributed by atoms with Crippen LogP contribution in [0.15, 0.2) is 40.8 Å². The highest BCUT2D eigenvalue weighted by molar-refractivity contribution is 5.83. The molecule has 4 aromatic rings. The van der Waals surface area contributed by atoms with Gasteiger partial charge in [0, 0.05) is 17.8 Å². The number of benzene rings is 2. The van der Waals surface area contributed by atoms with Gasteiger partial charge in [-0.1, -0.05) is 6.07 Å². The summed E-state index contributed by atoms with van der Waals surface area (Å²) >= 11 is 0. The van der Waals surface area contributed by atoms with Gasteiger partial charge in [0.2, 0.25) is 5.82 Å². The zero-order chi connectivity index (χ0) is 23.8. The molecule has 7 nitrogen and oxygen atoms in total. The molecule has 2 aromatic heterocycles. The lowest BCUT2D eigenvalue weighted by atomic mass is 10.1. The minimum absolute atomic E-state index is 0.0956. The Morgan fingerprint density at radius 3 is 2.48 bits per heavy atom. The Kier molecular flexibility index (Phi) is 5.59. The van der Waals surface area contributed by atoms with E-state index in [-0.39, 0.29) is 40.3 Å². The number of nitrogens with one attached hydrogen (secondary N) is 2. The number of ether oxygens (including phenoxy) is 1. The van der Waals surface area contributed by atoms with Crippen molar-refractivity contribution in [3.8, 4) is 17.3 Å². The van der Waals surface area contributed by atoms with E-state index < -0.39 is 36.1 Å². The average molecular weight is 475 g/mol. The van der Waals surface area contributed by atoms with Gasteiger partial charge >= 0.3 is 12.4 Å². The Labute approximate surface area is 179 Å². The maximum absolute atomic E-state index is 14.9. The van der Waals surface area contributed by atoms with Crippen molar-refractivity contribution >= 4 is 16.7 Å². The Morgan fingerprint density at radius 1 is 1.03 bits per heavy atom. The fourth-order valence-corrected chi connectivity index (χ4v) is 2.98. The summed E-state index contributed by atoms with van der Waals surface area (Å²) in [5, 5.41) is 15.7. The molecule has 2 heterocycles. The number of anilines is 1. The lowest BCUT2D eigenvalue weighted by Gasteiger charge is -2.17. The quantitative estimate of drug-likeness (QED) is 0.367. The first-order valence-corrected chi connectivity index (χ1v) is 9.11. The first-order chi connectivity index (χ1) is 15.5. The topological polar surface area (TPSA) is 88.9 Å². The number of hydrogen-bond acceptors (Lipinski definition) is 6. The lowest BCUT2D eigenvalue weighted by Crippen LogP contribution is -2.21. The van der Waals surface area contributed by atoms with Crippen LogP contribution in [0.3, 0.4) is 0 Å². The minimum atomic E-state index is -4.97. The number of fused-ring (bicyclic) bond motifs is 1. The summed E-state index contributed by atoms with van der Waals surface area (Å²) < 4.78 is 101. The Morgan fingerprint density at radius 2 is 1.82 bits per heavy atom. The molecule has 0 spiro atoms. The van der Waals surface area contributed by atoms with Crippen LogP contribution in [-0.2, 0) is 12.7 Å². The van der Waals surface area contributed by atoms with Crippen molar-refractivity contribution in [2.45, 2.75) is 18.9 Å². The second-order valence-electron chi connectivity index (χ2n) is 6.78. The van der Waals surface area contributed by atoms with Crippen molar-refractivity contribution in [3.63, 3.8) is 0 Å². The molecule has 0 atom stereocenters. The smallest absolute Gasteiger partial charge is 0.422 e. The van der Waals surface area contributed by atoms with Crippen LogP contribution in [0.4, 0.5) is 36.4 Å². The maximum atomic E-state index is 14.9. The Bertz CT molecular complexity index is 1270. The van der Waals surface area contributed by atoms with E-state index in [0.29, 0.717) is 6.07 Å². The number of aromatic nitrogens is 4. The highest BCUT2D eigenvalue weighted by Crippen LogP contribution is 2.38. The third-order valence-electron chi connectivity index (χ3n) is 4.45. The van der Waals surface area contributed by atoms with Crippen molar-refractivity contribution in [3.05, 3.63) is 53.3 Å². The number of alkyl halides is 6. The summed E-state index contributed by atoms with van der Waals surface area (Å²) in [4.78, 5) is 0. The molecule has 2 N–H and O–H groups in total. The molecule has 0 aliphatic rings. The van der Waals surface area contributed by atoms with E-state index in [2.05, 4.69) is 30.7 Å². The van der Waals surface area contributed by atoms with E-state index >= 15 is 0 Å². The fourth-order valence-electron chi connectivity index (χ4n) is 2.98. The van der Waals surface area contributed by atoms with Crippen LogP contribution < -0.4 is 10.1 Å². The van der Waals surface area contributed by atoms with Crippen LogP contribution in [0.2, 0.25) is 0 Å². The van der Waals surface area contributed by atoms with Gasteiger partial charge < -0.3 is 14.5 Å². The van der Waals surface area contributed by atoms with Crippen LogP contribution >= 0.6 is 0 Å². The monoisotopic (exact) mass is 475 g/mol. The summed E-state index contributed by atoms with van der Waals surface area (Å²) in [5.41, 5.74) is -1.18. The average Bonchev–Trinajstić information content (AvgIpc) is 3.41. The molecular formula is C19H12F7N5O2. The minimum Gasteiger partial charge on any atom is -0.483 e. The van der Waals surface area contributed by atoms with Crippen molar-refractivity contribution < 1.29 is 39.9 Å². The van der Waals surface area contributed by atoms with Gasteiger partial charge in [0.1, 0.15) is 17.1 Å². The molecule has 33 heavy (non-hydrogen) atoms. The molecule has 14 heteroatoms. The highest BCUT2D eigenvalue weighted by Gasteiger charge is 2.36. The molecule has 0 amide bonds. The van der Waals surface area contributed by atoms with Crippen LogP contribution in [0.5, 0.6) is 5.75 Å². The Balaban J connectivity index is 1.55. The third-order valence-corrected chi connectivity index (χ3v) is 4.45. The number of aromatic amines is 1. The largest absolute Gasteiger partial charge is 0.483 e. The standard InChI is InChI=1S/C19H12F7N5O2/c20-16-9(1-3-13-11(16)6-15(33-13)17-28-30-31-29-17)7-27-10-2-4-14(32-8-18(21,22)23)12(5-10)19(24,25)26/h1-6,27H,7-8H2,(H,28,29,30,31). The zero-order valence-corrected chi connectivity index (χ0v) is 16.2. The number of nitrogens with zero attached hydrogens (tertiary/aromatic N) is 3. The van der Waals surface area contributed by atoms with E-state index in [4.69, 9.17) is 4.42 Å². The van der Waals surface area contributed by atoms with Crippen molar-refractivity contribution in [1.29, 1.82) is 0 Å². The van der Waals surface area contributed by atoms with Crippen molar-refractivity contribution in [2.24, 2.45) is 0 Å². The second kappa shape index (κ2) is 8.26. The third kappa shape index (κ3) is 4.99. The van der Waals surface area contributed by atoms with Crippen molar-refractivity contribution in [2.75, 3.05) is 11.9 Å². The molecule has 2 aromatic carbocycles. The molecular weight excluding hydrogens is 463 g/mol. The van der Waals surface area contributed by atoms with Crippen LogP contribution in [-0.4, -0.2) is 33.4 Å². The van der Waals surface area contributed by atoms with Gasteiger partial charge in [-0.15, -0.1) is 5.10 Å². The number of H-pyrrole nitrogens is 1. The summed E-state index contributed by atoms with van der Waals surface area (Å²) in [5.74, 6) is -1.28. The van der Waals surface area contributed by atoms with Gasteiger partial charge in [0.15, 0.2) is 12.4 Å². The SMILES string of the molecule is Fc1c(CNc2ccc(OCC(F)(F)F)c(C(F)(F)F)c2)ccc2oc(-c3nnn[nH]3)cc12. The van der Waals surface area contributed by atoms with Crippen LogP contribution in [0, 0.1) is 5.82 Å². The van der Waals surface area contributed by atoms with E-state index in [1.165, 1.54) is 18.2 Å². The molecule has 0 aliphatic heterocycles. The summed E-state index contributed by atoms with van der Waals surface area (Å²) in [6.07, 6.45) is -9.77. The molecule has 0 saturated carbocycles. The van der Waals surface area contributed by atoms with E-state index in [0.717, 1.165) is 12.1 Å². The normalized spacial score (nSPS) is 12.3. The van der Waals surface area contributed by atoms with Gasteiger partial charge in [-0.2, -0.15) is 26.3 Å². The molecule has 4 rings (SSSR count). The van der Waals surface area contributed by atoms with E-state index in [9.17, 15) is 30.7 Å². The first kappa shape index (κ1) is 22.4. The van der Waals surface area contributed by atoms with Gasteiger partial charge in [0.25, 0.3) is 0 Å². The predicted octanol–water partition coefficient (Wildman–Crippen LogP) is 5.32. The second-order valence-corrected chi connectivity index (χ2v) is 6.78. The summed E-state index contributed by atoms with van der Waals surface area (Å²) in [7, 11) is 0. The fraction of sp³-hybridized carbons (Fsp3) is 0.211. The predicted molar refractivity (Wildman–Crippen MR) is 99.7 cm³/mol. The van der Waals surface area contributed by atoms with Gasteiger partial charge in [-0.05, 0) is 40.8 Å². The molecule has 0 fully saturated rings. The van der Waals surface area contributed by atoms with E-state index in [1.54, 1.807) is 0 Å². The number of furan rings is 1. The number of halogens is 7. The van der Waals surface area contributed by atoms with Crippen LogP contribution in [0.25, 0.3) is 22.6 Å². The molecule has 0 radical (unpaired) electrons. The molecule has 0 aliphatic carbocycles. The number of hydrogen-bond donors (Lipinski definition) is 2. The molecule has 0 bridgehead atoms.